The zero-order chi connectivity index (χ0) is 20.0. The first kappa shape index (κ1) is 18.1. The maximum Gasteiger partial charge on any atom is 0.177 e. The molecule has 2 aliphatic carbocycles. The normalized spacial score (nSPS) is 17.7. The summed E-state index contributed by atoms with van der Waals surface area (Å²) in [5.74, 6) is 0.577. The van der Waals surface area contributed by atoms with E-state index in [2.05, 4.69) is 51.4 Å². The predicted molar refractivity (Wildman–Crippen MR) is 112 cm³/mol. The topological polar surface area (TPSA) is 91.4 Å². The second-order valence-corrected chi connectivity index (χ2v) is 8.46. The minimum absolute atomic E-state index is 0.173. The van der Waals surface area contributed by atoms with Gasteiger partial charge >= 0.3 is 0 Å². The first-order valence-electron chi connectivity index (χ1n) is 10.4. The van der Waals surface area contributed by atoms with Gasteiger partial charge in [-0.25, -0.2) is 20.4 Å². The van der Waals surface area contributed by atoms with Gasteiger partial charge in [-0.3, -0.25) is 0 Å². The molecule has 2 N–H and O–H groups in total. The molecule has 29 heavy (non-hydrogen) atoms. The SMILES string of the molecule is CCc1cnc2c(c1)c(C#N)c(-c1ncc(NNC3(C)CC3)cn1)n2C1CCC1. The fraction of sp³-hybridized carbons (Fsp3) is 0.455. The van der Waals surface area contributed by atoms with Gasteiger partial charge in [0.2, 0.25) is 0 Å². The molecule has 0 atom stereocenters. The van der Waals surface area contributed by atoms with Crippen LogP contribution in [0.1, 0.15) is 63.1 Å². The molecule has 0 aromatic carbocycles. The quantitative estimate of drug-likeness (QED) is 0.618. The Kier molecular flexibility index (Phi) is 4.25. The van der Waals surface area contributed by atoms with Crippen molar-refractivity contribution in [1.29, 1.82) is 5.26 Å². The minimum atomic E-state index is 0.173. The standard InChI is InChI=1S/C22H25N7/c1-3-14-9-17-18(10-23)19(29(16-5-4-6-16)21(17)26-11-14)20-24-12-15(13-25-20)27-28-22(2)7-8-22/h9,11-13,16,27-28H,3-8H2,1-2H3. The lowest BCUT2D eigenvalue weighted by Crippen LogP contribution is -2.33. The van der Waals surface area contributed by atoms with Crippen LogP contribution < -0.4 is 10.9 Å². The summed E-state index contributed by atoms with van der Waals surface area (Å²) in [6.07, 6.45) is 12.1. The molecule has 2 saturated carbocycles. The number of hydrazine groups is 1. The number of hydrogen-bond acceptors (Lipinski definition) is 6. The highest BCUT2D eigenvalue weighted by atomic mass is 15.4. The summed E-state index contributed by atoms with van der Waals surface area (Å²) in [6.45, 7) is 4.28. The average Bonchev–Trinajstić information content (AvgIpc) is 3.37. The Labute approximate surface area is 170 Å². The van der Waals surface area contributed by atoms with E-state index in [0.29, 0.717) is 17.4 Å². The van der Waals surface area contributed by atoms with Crippen molar-refractivity contribution in [3.05, 3.63) is 35.8 Å². The Morgan fingerprint density at radius 2 is 1.97 bits per heavy atom. The molecular weight excluding hydrogens is 362 g/mol. The lowest BCUT2D eigenvalue weighted by molar-refractivity contribution is 0.322. The van der Waals surface area contributed by atoms with Crippen LogP contribution in [-0.2, 0) is 6.42 Å². The van der Waals surface area contributed by atoms with Crippen molar-refractivity contribution >= 4 is 16.7 Å². The predicted octanol–water partition coefficient (Wildman–Crippen LogP) is 4.12. The van der Waals surface area contributed by atoms with Gasteiger partial charge in [0.1, 0.15) is 17.4 Å². The molecule has 148 valence electrons. The molecule has 7 nitrogen and oxygen atoms in total. The van der Waals surface area contributed by atoms with Gasteiger partial charge < -0.3 is 9.99 Å². The second-order valence-electron chi connectivity index (χ2n) is 8.46. The zero-order valence-electron chi connectivity index (χ0n) is 16.9. The van der Waals surface area contributed by atoms with Crippen LogP contribution in [0.15, 0.2) is 24.7 Å². The van der Waals surface area contributed by atoms with Gasteiger partial charge in [-0.2, -0.15) is 5.26 Å². The first-order valence-corrected chi connectivity index (χ1v) is 10.4. The average molecular weight is 387 g/mol. The van der Waals surface area contributed by atoms with Crippen LogP contribution in [0.2, 0.25) is 0 Å². The molecule has 5 rings (SSSR count). The third-order valence-corrected chi connectivity index (χ3v) is 6.23. The third kappa shape index (κ3) is 3.14. The van der Waals surface area contributed by atoms with E-state index in [4.69, 9.17) is 4.98 Å². The Morgan fingerprint density at radius 3 is 2.55 bits per heavy atom. The molecule has 3 aromatic heterocycles. The highest BCUT2D eigenvalue weighted by Crippen LogP contribution is 2.41. The number of aryl methyl sites for hydroxylation is 1. The van der Waals surface area contributed by atoms with Gasteiger partial charge in [0, 0.05) is 23.2 Å². The molecule has 0 radical (unpaired) electrons. The van der Waals surface area contributed by atoms with Crippen LogP contribution in [0.4, 0.5) is 5.69 Å². The van der Waals surface area contributed by atoms with Crippen molar-refractivity contribution in [2.45, 2.75) is 64.0 Å². The van der Waals surface area contributed by atoms with Crippen molar-refractivity contribution in [1.82, 2.24) is 24.9 Å². The van der Waals surface area contributed by atoms with E-state index in [1.54, 1.807) is 12.4 Å². The molecule has 0 unspecified atom stereocenters. The Morgan fingerprint density at radius 1 is 1.21 bits per heavy atom. The summed E-state index contributed by atoms with van der Waals surface area (Å²) < 4.78 is 2.20. The van der Waals surface area contributed by atoms with Gasteiger partial charge in [0.15, 0.2) is 5.82 Å². The van der Waals surface area contributed by atoms with E-state index in [1.165, 1.54) is 19.3 Å². The van der Waals surface area contributed by atoms with Gasteiger partial charge in [-0.05, 0) is 57.1 Å². The van der Waals surface area contributed by atoms with E-state index in [1.807, 2.05) is 6.20 Å². The van der Waals surface area contributed by atoms with E-state index >= 15 is 0 Å². The van der Waals surface area contributed by atoms with Gasteiger partial charge in [0.05, 0.1) is 23.6 Å². The van der Waals surface area contributed by atoms with Crippen molar-refractivity contribution < 1.29 is 0 Å². The van der Waals surface area contributed by atoms with Crippen LogP contribution in [-0.4, -0.2) is 25.1 Å². The molecule has 0 saturated heterocycles. The van der Waals surface area contributed by atoms with Crippen molar-refractivity contribution in [3.63, 3.8) is 0 Å². The second kappa shape index (κ2) is 6.82. The molecule has 3 heterocycles. The van der Waals surface area contributed by atoms with Crippen molar-refractivity contribution in [3.8, 4) is 17.6 Å². The number of aromatic nitrogens is 4. The van der Waals surface area contributed by atoms with Gasteiger partial charge in [0.25, 0.3) is 0 Å². The summed E-state index contributed by atoms with van der Waals surface area (Å²) in [7, 11) is 0. The minimum Gasteiger partial charge on any atom is -0.318 e. The number of rotatable bonds is 6. The number of anilines is 1. The van der Waals surface area contributed by atoms with Crippen molar-refractivity contribution in [2.24, 2.45) is 0 Å². The molecule has 0 spiro atoms. The summed E-state index contributed by atoms with van der Waals surface area (Å²) in [4.78, 5) is 13.9. The summed E-state index contributed by atoms with van der Waals surface area (Å²) in [5.41, 5.74) is 10.9. The molecule has 7 heteroatoms. The van der Waals surface area contributed by atoms with E-state index in [-0.39, 0.29) is 5.54 Å². The van der Waals surface area contributed by atoms with Crippen LogP contribution in [0.25, 0.3) is 22.6 Å². The zero-order valence-corrected chi connectivity index (χ0v) is 16.9. The number of hydrogen-bond donors (Lipinski definition) is 2. The molecular formula is C22H25N7. The highest BCUT2D eigenvalue weighted by Gasteiger charge is 2.37. The fourth-order valence-corrected chi connectivity index (χ4v) is 3.81. The first-order chi connectivity index (χ1) is 14.1. The Hall–Kier alpha value is -2.98. The highest BCUT2D eigenvalue weighted by molar-refractivity contribution is 5.91. The van der Waals surface area contributed by atoms with Crippen LogP contribution in [0.5, 0.6) is 0 Å². The van der Waals surface area contributed by atoms with Gasteiger partial charge in [-0.1, -0.05) is 6.92 Å². The third-order valence-electron chi connectivity index (χ3n) is 6.23. The molecule has 2 aliphatic rings. The monoisotopic (exact) mass is 387 g/mol. The molecule has 0 bridgehead atoms. The van der Waals surface area contributed by atoms with E-state index in [0.717, 1.165) is 47.2 Å². The number of pyridine rings is 1. The van der Waals surface area contributed by atoms with Crippen LogP contribution in [0.3, 0.4) is 0 Å². The van der Waals surface area contributed by atoms with Crippen molar-refractivity contribution in [2.75, 3.05) is 5.43 Å². The smallest absolute Gasteiger partial charge is 0.177 e. The molecule has 0 aliphatic heterocycles. The maximum atomic E-state index is 9.99. The number of fused-ring (bicyclic) bond motifs is 1. The maximum absolute atomic E-state index is 9.99. The van der Waals surface area contributed by atoms with E-state index < -0.39 is 0 Å². The Bertz CT molecular complexity index is 1100. The number of nitriles is 1. The summed E-state index contributed by atoms with van der Waals surface area (Å²) in [5, 5.41) is 10.9. The fourth-order valence-electron chi connectivity index (χ4n) is 3.81. The summed E-state index contributed by atoms with van der Waals surface area (Å²) >= 11 is 0. The van der Waals surface area contributed by atoms with E-state index in [9.17, 15) is 5.26 Å². The lowest BCUT2D eigenvalue weighted by Gasteiger charge is -2.29. The molecule has 3 aromatic rings. The Balaban J connectivity index is 1.58. The molecule has 2 fully saturated rings. The van der Waals surface area contributed by atoms with Gasteiger partial charge in [-0.15, -0.1) is 0 Å². The molecule has 0 amide bonds. The number of nitrogens with zero attached hydrogens (tertiary/aromatic N) is 5. The largest absolute Gasteiger partial charge is 0.318 e. The van der Waals surface area contributed by atoms with Crippen LogP contribution >= 0.6 is 0 Å². The number of nitrogens with one attached hydrogen (secondary N) is 2. The van der Waals surface area contributed by atoms with Crippen LogP contribution in [0, 0.1) is 11.3 Å². The lowest BCUT2D eigenvalue weighted by atomic mass is 9.92. The summed E-state index contributed by atoms with van der Waals surface area (Å²) in [6, 6.07) is 4.86.